The van der Waals surface area contributed by atoms with Crippen LogP contribution in [0.2, 0.25) is 0 Å². The Morgan fingerprint density at radius 1 is 1.17 bits per heavy atom. The molecule has 1 aliphatic heterocycles. The van der Waals surface area contributed by atoms with Crippen LogP contribution in [0.25, 0.3) is 10.2 Å². The zero-order valence-corrected chi connectivity index (χ0v) is 22.4. The van der Waals surface area contributed by atoms with Gasteiger partial charge in [-0.05, 0) is 55.3 Å². The average molecular weight is 550 g/mol. The van der Waals surface area contributed by atoms with Crippen LogP contribution in [0.15, 0.2) is 69.9 Å². The van der Waals surface area contributed by atoms with Crippen LogP contribution >= 0.6 is 11.3 Å². The average Bonchev–Trinajstić information content (AvgIpc) is 3.20. The van der Waals surface area contributed by atoms with Gasteiger partial charge in [-0.2, -0.15) is 9.30 Å². The van der Waals surface area contributed by atoms with Crippen LogP contribution in [0.1, 0.15) is 12.8 Å². The highest BCUT2D eigenvalue weighted by molar-refractivity contribution is 7.90. The molecule has 4 rings (SSSR count). The molecule has 0 aliphatic carbocycles. The fourth-order valence-corrected chi connectivity index (χ4v) is 7.45. The predicted octanol–water partition coefficient (Wildman–Crippen LogP) is 2.83. The van der Waals surface area contributed by atoms with Crippen molar-refractivity contribution in [2.75, 3.05) is 26.5 Å². The van der Waals surface area contributed by atoms with Gasteiger partial charge in [0.25, 0.3) is 5.91 Å². The standard InChI is InChI=1S/C24H27N3O6S3/c1-4-13-27-21-12-11-20(35(3,29)30)15-22(21)34-24(27)25-23(28)17-6-5-14-26(16-17)36(31,32)19-9-7-18(33-2)8-10-19/h4,7-12,15,17H,1,5-6,13-14,16H2,2-3H3. The van der Waals surface area contributed by atoms with Gasteiger partial charge in [0.15, 0.2) is 14.6 Å². The SMILES string of the molecule is C=CCn1c(=NC(=O)C2CCCN(S(=O)(=O)c3ccc(OC)cc3)C2)sc2cc(S(C)(=O)=O)ccc21. The lowest BCUT2D eigenvalue weighted by Crippen LogP contribution is -2.42. The van der Waals surface area contributed by atoms with Crippen LogP contribution < -0.4 is 9.54 Å². The van der Waals surface area contributed by atoms with E-state index in [1.165, 1.54) is 41.0 Å². The van der Waals surface area contributed by atoms with Gasteiger partial charge in [0.05, 0.1) is 33.0 Å². The second-order valence-corrected chi connectivity index (χ2v) is 13.5. The fourth-order valence-electron chi connectivity index (χ4n) is 4.12. The number of aromatic nitrogens is 1. The van der Waals surface area contributed by atoms with Crippen molar-refractivity contribution >= 4 is 47.3 Å². The first-order valence-corrected chi connectivity index (χ1v) is 15.4. The summed E-state index contributed by atoms with van der Waals surface area (Å²) >= 11 is 1.21. The number of carbonyl (C=O) groups is 1. The summed E-state index contributed by atoms with van der Waals surface area (Å²) in [4.78, 5) is 18.3. The second kappa shape index (κ2) is 10.3. The van der Waals surface area contributed by atoms with E-state index in [4.69, 9.17) is 4.74 Å². The van der Waals surface area contributed by atoms with Gasteiger partial charge in [-0.1, -0.05) is 17.4 Å². The van der Waals surface area contributed by atoms with Crippen molar-refractivity contribution in [1.82, 2.24) is 8.87 Å². The van der Waals surface area contributed by atoms with Crippen LogP contribution in [-0.2, 0) is 31.2 Å². The van der Waals surface area contributed by atoms with E-state index in [9.17, 15) is 21.6 Å². The summed E-state index contributed by atoms with van der Waals surface area (Å²) < 4.78 is 59.2. The summed E-state index contributed by atoms with van der Waals surface area (Å²) in [6, 6.07) is 10.9. The molecular formula is C24H27N3O6S3. The van der Waals surface area contributed by atoms with Crippen LogP contribution in [0.3, 0.4) is 0 Å². The van der Waals surface area contributed by atoms with Crippen LogP contribution in [0.4, 0.5) is 0 Å². The third-order valence-electron chi connectivity index (χ3n) is 6.03. The lowest BCUT2D eigenvalue weighted by atomic mass is 9.99. The van der Waals surface area contributed by atoms with Crippen molar-refractivity contribution in [1.29, 1.82) is 0 Å². The Hall–Kier alpha value is -2.80. The molecule has 0 spiro atoms. The Balaban J connectivity index is 1.64. The predicted molar refractivity (Wildman–Crippen MR) is 138 cm³/mol. The molecule has 36 heavy (non-hydrogen) atoms. The number of benzene rings is 2. The molecule has 0 N–H and O–H groups in total. The molecule has 2 aromatic carbocycles. The number of hydrogen-bond donors (Lipinski definition) is 0. The minimum atomic E-state index is -3.77. The first-order chi connectivity index (χ1) is 17.0. The van der Waals surface area contributed by atoms with E-state index >= 15 is 0 Å². The minimum Gasteiger partial charge on any atom is -0.497 e. The number of nitrogens with zero attached hydrogens (tertiary/aromatic N) is 3. The van der Waals surface area contributed by atoms with Crippen molar-refractivity contribution < 1.29 is 26.4 Å². The van der Waals surface area contributed by atoms with Gasteiger partial charge in [-0.15, -0.1) is 6.58 Å². The fraction of sp³-hybridized carbons (Fsp3) is 0.333. The van der Waals surface area contributed by atoms with Gasteiger partial charge >= 0.3 is 0 Å². The number of sulfonamides is 1. The smallest absolute Gasteiger partial charge is 0.252 e. The maximum absolute atomic E-state index is 13.2. The summed E-state index contributed by atoms with van der Waals surface area (Å²) in [6.07, 6.45) is 3.88. The number of rotatable bonds is 7. The van der Waals surface area contributed by atoms with Crippen molar-refractivity contribution in [3.8, 4) is 5.75 Å². The molecule has 1 unspecified atom stereocenters. The number of ether oxygens (including phenoxy) is 1. The number of piperidine rings is 1. The molecule has 1 saturated heterocycles. The maximum Gasteiger partial charge on any atom is 0.252 e. The van der Waals surface area contributed by atoms with Crippen LogP contribution in [0.5, 0.6) is 5.75 Å². The summed E-state index contributed by atoms with van der Waals surface area (Å²) in [5.41, 5.74) is 0.742. The molecule has 2 heterocycles. The maximum atomic E-state index is 13.2. The third-order valence-corrected chi connectivity index (χ3v) is 10.1. The Morgan fingerprint density at radius 3 is 2.50 bits per heavy atom. The number of hydrogen-bond acceptors (Lipinski definition) is 7. The molecule has 1 fully saturated rings. The molecule has 0 saturated carbocycles. The molecule has 1 aliphatic rings. The molecule has 3 aromatic rings. The van der Waals surface area contributed by atoms with Gasteiger partial charge in [0.2, 0.25) is 10.0 Å². The monoisotopic (exact) mass is 549 g/mol. The first kappa shape index (κ1) is 26.3. The van der Waals surface area contributed by atoms with E-state index in [0.29, 0.717) is 41.2 Å². The number of allylic oxidation sites excluding steroid dienone is 1. The number of sulfone groups is 1. The number of carbonyl (C=O) groups excluding carboxylic acids is 1. The summed E-state index contributed by atoms with van der Waals surface area (Å²) in [5, 5.41) is 0. The third kappa shape index (κ3) is 5.31. The van der Waals surface area contributed by atoms with Crippen molar-refractivity contribution in [3.05, 3.63) is 59.9 Å². The topological polar surface area (TPSA) is 115 Å². The van der Waals surface area contributed by atoms with E-state index in [1.807, 2.05) is 0 Å². The van der Waals surface area contributed by atoms with Crippen molar-refractivity contribution in [2.24, 2.45) is 10.9 Å². The Morgan fingerprint density at radius 2 is 1.86 bits per heavy atom. The molecule has 1 atom stereocenters. The molecule has 12 heteroatoms. The molecule has 192 valence electrons. The summed E-state index contributed by atoms with van der Waals surface area (Å²) in [5.74, 6) is -0.433. The second-order valence-electron chi connectivity index (χ2n) is 8.51. The zero-order valence-electron chi connectivity index (χ0n) is 20.0. The Bertz CT molecular complexity index is 1590. The van der Waals surface area contributed by atoms with Crippen LogP contribution in [0, 0.1) is 5.92 Å². The lowest BCUT2D eigenvalue weighted by Gasteiger charge is -2.30. The summed E-state index contributed by atoms with van der Waals surface area (Å²) in [7, 11) is -5.65. The van der Waals surface area contributed by atoms with E-state index in [1.54, 1.807) is 34.9 Å². The van der Waals surface area contributed by atoms with E-state index in [2.05, 4.69) is 11.6 Å². The van der Waals surface area contributed by atoms with Gasteiger partial charge in [0.1, 0.15) is 5.75 Å². The Kier molecular flexibility index (Phi) is 7.51. The first-order valence-electron chi connectivity index (χ1n) is 11.2. The van der Waals surface area contributed by atoms with Gasteiger partial charge in [0, 0.05) is 25.9 Å². The number of methoxy groups -OCH3 is 1. The van der Waals surface area contributed by atoms with Gasteiger partial charge < -0.3 is 9.30 Å². The van der Waals surface area contributed by atoms with E-state index < -0.39 is 31.7 Å². The zero-order chi connectivity index (χ0) is 26.1. The lowest BCUT2D eigenvalue weighted by molar-refractivity contribution is -0.122. The molecule has 0 bridgehead atoms. The number of amides is 1. The normalized spacial score (nSPS) is 17.8. The molecule has 0 radical (unpaired) electrons. The van der Waals surface area contributed by atoms with E-state index in [-0.39, 0.29) is 16.3 Å². The van der Waals surface area contributed by atoms with Crippen molar-refractivity contribution in [2.45, 2.75) is 29.2 Å². The van der Waals surface area contributed by atoms with E-state index in [0.717, 1.165) is 11.8 Å². The number of thiazole rings is 1. The van der Waals surface area contributed by atoms with Gasteiger partial charge in [-0.25, -0.2) is 16.8 Å². The highest BCUT2D eigenvalue weighted by atomic mass is 32.2. The molecule has 9 nitrogen and oxygen atoms in total. The highest BCUT2D eigenvalue weighted by Crippen LogP contribution is 2.26. The van der Waals surface area contributed by atoms with Crippen molar-refractivity contribution in [3.63, 3.8) is 0 Å². The largest absolute Gasteiger partial charge is 0.497 e. The van der Waals surface area contributed by atoms with Gasteiger partial charge in [-0.3, -0.25) is 4.79 Å². The molecule has 1 aromatic heterocycles. The minimum absolute atomic E-state index is 0.0429. The van der Waals surface area contributed by atoms with Crippen LogP contribution in [-0.4, -0.2) is 58.1 Å². The highest BCUT2D eigenvalue weighted by Gasteiger charge is 2.33. The Labute approximate surface area is 214 Å². The quantitative estimate of drug-likeness (QED) is 0.419. The summed E-state index contributed by atoms with van der Waals surface area (Å²) in [6.45, 7) is 4.52. The molecule has 1 amide bonds. The molecular weight excluding hydrogens is 522 g/mol. The number of fused-ring (bicyclic) bond motifs is 1.